The minimum Gasteiger partial charge on any atom is -0.381 e. The molecule has 0 saturated heterocycles. The summed E-state index contributed by atoms with van der Waals surface area (Å²) in [5.74, 6) is 0. The predicted molar refractivity (Wildman–Crippen MR) is 77.1 cm³/mol. The highest BCUT2D eigenvalue weighted by atomic mass is 35.5. The molecule has 0 aliphatic rings. The van der Waals surface area contributed by atoms with Gasteiger partial charge in [-0.2, -0.15) is 13.2 Å². The Bertz CT molecular complexity index is 569. The van der Waals surface area contributed by atoms with E-state index in [1.807, 2.05) is 18.2 Å². The number of rotatable bonds is 4. The zero-order chi connectivity index (χ0) is 14.6. The van der Waals surface area contributed by atoms with E-state index in [1.165, 1.54) is 12.1 Å². The Kier molecular flexibility index (Phi) is 4.83. The van der Waals surface area contributed by atoms with Gasteiger partial charge in [-0.1, -0.05) is 23.7 Å². The van der Waals surface area contributed by atoms with Gasteiger partial charge in [0, 0.05) is 22.2 Å². The lowest BCUT2D eigenvalue weighted by atomic mass is 10.2. The van der Waals surface area contributed by atoms with Crippen molar-refractivity contribution in [1.29, 1.82) is 0 Å². The van der Waals surface area contributed by atoms with Crippen molar-refractivity contribution in [3.8, 4) is 0 Å². The zero-order valence-corrected chi connectivity index (χ0v) is 11.8. The third kappa shape index (κ3) is 4.98. The topological polar surface area (TPSA) is 12.0 Å². The zero-order valence-electron chi connectivity index (χ0n) is 10.2. The number of thioether (sulfide) groups is 1. The minimum absolute atomic E-state index is 0.119. The maximum atomic E-state index is 12.2. The largest absolute Gasteiger partial charge is 0.446 e. The molecule has 0 spiro atoms. The van der Waals surface area contributed by atoms with Gasteiger partial charge in [0.25, 0.3) is 0 Å². The van der Waals surface area contributed by atoms with Gasteiger partial charge in [0.2, 0.25) is 0 Å². The molecule has 20 heavy (non-hydrogen) atoms. The summed E-state index contributed by atoms with van der Waals surface area (Å²) in [6.07, 6.45) is 0. The van der Waals surface area contributed by atoms with Crippen LogP contribution in [0.2, 0.25) is 5.02 Å². The average Bonchev–Trinajstić information content (AvgIpc) is 2.36. The number of hydrogen-bond acceptors (Lipinski definition) is 2. The summed E-state index contributed by atoms with van der Waals surface area (Å²) in [5.41, 5.74) is -2.49. The molecule has 0 bridgehead atoms. The van der Waals surface area contributed by atoms with E-state index in [9.17, 15) is 13.2 Å². The van der Waals surface area contributed by atoms with Crippen molar-refractivity contribution in [2.75, 3.05) is 5.32 Å². The average molecular weight is 318 g/mol. The van der Waals surface area contributed by atoms with E-state index in [-0.39, 0.29) is 16.7 Å². The van der Waals surface area contributed by atoms with E-state index < -0.39 is 5.51 Å². The van der Waals surface area contributed by atoms with Gasteiger partial charge in [0.1, 0.15) is 0 Å². The van der Waals surface area contributed by atoms with Crippen molar-refractivity contribution in [3.05, 3.63) is 59.1 Å². The van der Waals surface area contributed by atoms with Crippen LogP contribution in [0.1, 0.15) is 5.56 Å². The van der Waals surface area contributed by atoms with Crippen molar-refractivity contribution in [2.24, 2.45) is 0 Å². The van der Waals surface area contributed by atoms with Gasteiger partial charge in [-0.25, -0.2) is 0 Å². The molecule has 0 atom stereocenters. The van der Waals surface area contributed by atoms with E-state index in [1.54, 1.807) is 18.2 Å². The van der Waals surface area contributed by atoms with Crippen LogP contribution in [0.3, 0.4) is 0 Å². The fraction of sp³-hybridized carbons (Fsp3) is 0.143. The first-order valence-corrected chi connectivity index (χ1v) is 6.96. The van der Waals surface area contributed by atoms with Gasteiger partial charge in [0.15, 0.2) is 0 Å². The molecular formula is C14H11ClF3NS. The molecule has 0 aliphatic carbocycles. The van der Waals surface area contributed by atoms with Gasteiger partial charge < -0.3 is 5.32 Å². The predicted octanol–water partition coefficient (Wildman–Crippen LogP) is 5.56. The molecule has 2 aromatic carbocycles. The summed E-state index contributed by atoms with van der Waals surface area (Å²) >= 11 is 5.75. The summed E-state index contributed by atoms with van der Waals surface area (Å²) in [4.78, 5) is 0.172. The Balaban J connectivity index is 1.94. The molecule has 6 heteroatoms. The first kappa shape index (κ1) is 15.1. The van der Waals surface area contributed by atoms with Crippen molar-refractivity contribution >= 4 is 29.1 Å². The summed E-state index contributed by atoms with van der Waals surface area (Å²) < 4.78 is 36.6. The van der Waals surface area contributed by atoms with E-state index >= 15 is 0 Å². The van der Waals surface area contributed by atoms with Crippen LogP contribution in [0.15, 0.2) is 53.4 Å². The van der Waals surface area contributed by atoms with Crippen LogP contribution in [0.4, 0.5) is 18.9 Å². The molecule has 0 aliphatic heterocycles. The van der Waals surface area contributed by atoms with Crippen LogP contribution in [0, 0.1) is 0 Å². The lowest BCUT2D eigenvalue weighted by molar-refractivity contribution is -0.0328. The highest BCUT2D eigenvalue weighted by Crippen LogP contribution is 2.37. The van der Waals surface area contributed by atoms with Gasteiger partial charge in [0.05, 0.1) is 0 Å². The van der Waals surface area contributed by atoms with Gasteiger partial charge in [-0.05, 0) is 53.7 Å². The molecule has 0 saturated carbocycles. The summed E-state index contributed by atoms with van der Waals surface area (Å²) in [5, 5.41) is 3.78. The van der Waals surface area contributed by atoms with Crippen molar-refractivity contribution < 1.29 is 13.2 Å². The summed E-state index contributed by atoms with van der Waals surface area (Å²) in [6.45, 7) is 0.562. The van der Waals surface area contributed by atoms with E-state index in [0.717, 1.165) is 11.3 Å². The first-order valence-electron chi connectivity index (χ1n) is 5.76. The van der Waals surface area contributed by atoms with Crippen LogP contribution in [-0.4, -0.2) is 5.51 Å². The Morgan fingerprint density at radius 1 is 1.05 bits per heavy atom. The lowest BCUT2D eigenvalue weighted by Gasteiger charge is -2.09. The molecule has 0 amide bonds. The fourth-order valence-corrected chi connectivity index (χ4v) is 2.38. The van der Waals surface area contributed by atoms with E-state index in [2.05, 4.69) is 5.32 Å². The SMILES string of the molecule is FC(F)(F)Sc1ccc(NCc2cccc(Cl)c2)cc1. The van der Waals surface area contributed by atoms with Gasteiger partial charge in [-0.3, -0.25) is 0 Å². The first-order chi connectivity index (χ1) is 9.42. The maximum absolute atomic E-state index is 12.2. The normalized spacial score (nSPS) is 11.4. The molecule has 1 N–H and O–H groups in total. The van der Waals surface area contributed by atoms with Gasteiger partial charge in [-0.15, -0.1) is 0 Å². The van der Waals surface area contributed by atoms with Crippen LogP contribution in [0.25, 0.3) is 0 Å². The molecule has 0 fully saturated rings. The van der Waals surface area contributed by atoms with Crippen molar-refractivity contribution in [2.45, 2.75) is 16.9 Å². The quantitative estimate of drug-likeness (QED) is 0.740. The molecule has 0 radical (unpaired) electrons. The molecule has 0 aromatic heterocycles. The Labute approximate surface area is 124 Å². The van der Waals surface area contributed by atoms with Gasteiger partial charge >= 0.3 is 5.51 Å². The molecule has 0 unspecified atom stereocenters. The second-order valence-electron chi connectivity index (χ2n) is 4.06. The summed E-state index contributed by atoms with van der Waals surface area (Å²) in [6, 6.07) is 13.5. The van der Waals surface area contributed by atoms with Crippen LogP contribution >= 0.6 is 23.4 Å². The number of benzene rings is 2. The standard InChI is InChI=1S/C14H11ClF3NS/c15-11-3-1-2-10(8-11)9-19-12-4-6-13(7-5-12)20-14(16,17)18/h1-8,19H,9H2. The lowest BCUT2D eigenvalue weighted by Crippen LogP contribution is -2.00. The molecular weight excluding hydrogens is 307 g/mol. The third-order valence-corrected chi connectivity index (χ3v) is 3.45. The van der Waals surface area contributed by atoms with E-state index in [4.69, 9.17) is 11.6 Å². The number of alkyl halides is 3. The second kappa shape index (κ2) is 6.41. The number of anilines is 1. The Morgan fingerprint density at radius 2 is 1.75 bits per heavy atom. The smallest absolute Gasteiger partial charge is 0.381 e. The highest BCUT2D eigenvalue weighted by Gasteiger charge is 2.28. The highest BCUT2D eigenvalue weighted by molar-refractivity contribution is 8.00. The molecule has 1 nitrogen and oxygen atoms in total. The van der Waals surface area contributed by atoms with Crippen molar-refractivity contribution in [3.63, 3.8) is 0 Å². The Hall–Kier alpha value is -1.33. The number of nitrogens with one attached hydrogen (secondary N) is 1. The van der Waals surface area contributed by atoms with Crippen LogP contribution < -0.4 is 5.32 Å². The summed E-state index contributed by atoms with van der Waals surface area (Å²) in [7, 11) is 0. The molecule has 2 rings (SSSR count). The fourth-order valence-electron chi connectivity index (χ4n) is 1.63. The van der Waals surface area contributed by atoms with E-state index in [0.29, 0.717) is 11.6 Å². The molecule has 2 aromatic rings. The van der Waals surface area contributed by atoms with Crippen LogP contribution in [0.5, 0.6) is 0 Å². The number of hydrogen-bond donors (Lipinski definition) is 1. The maximum Gasteiger partial charge on any atom is 0.446 e. The minimum atomic E-state index is -4.25. The van der Waals surface area contributed by atoms with Crippen molar-refractivity contribution in [1.82, 2.24) is 0 Å². The molecule has 106 valence electrons. The third-order valence-electron chi connectivity index (χ3n) is 2.47. The Morgan fingerprint density at radius 3 is 2.35 bits per heavy atom. The number of halogens is 4. The van der Waals surface area contributed by atoms with Crippen LogP contribution in [-0.2, 0) is 6.54 Å². The monoisotopic (exact) mass is 317 g/mol. The second-order valence-corrected chi connectivity index (χ2v) is 5.63. The molecule has 0 heterocycles.